The van der Waals surface area contributed by atoms with Crippen molar-refractivity contribution in [3.05, 3.63) is 76.0 Å². The van der Waals surface area contributed by atoms with Crippen LogP contribution < -0.4 is 5.32 Å². The van der Waals surface area contributed by atoms with Gasteiger partial charge in [-0.15, -0.1) is 0 Å². The largest absolute Gasteiger partial charge is 0.481 e. The normalized spacial score (nSPS) is 13.4. The number of fused-ring (bicyclic) bond motifs is 3. The van der Waals surface area contributed by atoms with Crippen LogP contribution in [0.2, 0.25) is 0 Å². The van der Waals surface area contributed by atoms with Crippen LogP contribution in [-0.2, 0) is 16.6 Å². The third-order valence-corrected chi connectivity index (χ3v) is 5.89. The van der Waals surface area contributed by atoms with E-state index in [1.54, 1.807) is 13.2 Å². The lowest BCUT2D eigenvalue weighted by Gasteiger charge is -2.19. The number of nitrogens with zero attached hydrogens (tertiary/aromatic N) is 2. The molecule has 1 aliphatic rings. The number of ether oxygens (including phenoxy) is 1. The minimum absolute atomic E-state index is 0.0653. The van der Waals surface area contributed by atoms with Crippen LogP contribution in [0, 0.1) is 0 Å². The van der Waals surface area contributed by atoms with Gasteiger partial charge in [-0.25, -0.2) is 4.79 Å². The van der Waals surface area contributed by atoms with E-state index in [9.17, 15) is 14.7 Å². The van der Waals surface area contributed by atoms with Crippen LogP contribution in [-0.4, -0.2) is 33.6 Å². The van der Waals surface area contributed by atoms with Gasteiger partial charge >= 0.3 is 12.1 Å². The lowest BCUT2D eigenvalue weighted by atomic mass is 9.98. The highest BCUT2D eigenvalue weighted by Gasteiger charge is 2.30. The molecule has 0 saturated carbocycles. The molecular weight excluding hydrogens is 450 g/mol. The van der Waals surface area contributed by atoms with E-state index in [1.807, 2.05) is 36.4 Å². The third kappa shape index (κ3) is 3.82. The number of carboxylic acid groups (broad SMARTS) is 1. The van der Waals surface area contributed by atoms with Gasteiger partial charge in [0.15, 0.2) is 0 Å². The number of alkyl carbamates (subject to hydrolysis) is 1. The topological polar surface area (TPSA) is 93.5 Å². The highest BCUT2D eigenvalue weighted by atomic mass is 79.9. The quantitative estimate of drug-likeness (QED) is 0.562. The first-order valence-corrected chi connectivity index (χ1v) is 10.3. The molecule has 2 N–H and O–H groups in total. The first-order valence-electron chi connectivity index (χ1n) is 9.46. The van der Waals surface area contributed by atoms with Crippen molar-refractivity contribution >= 4 is 28.0 Å². The standard InChI is InChI=1S/C22H20BrN3O4/c1-26-21(18(23)11-24-26)19(10-20(27)28)25-22(29)30-12-17-15-8-4-2-6-13(15)14-7-3-5-9-16(14)17/h2-9,11,17,19H,10,12H2,1H3,(H,25,29)(H,27,28). The van der Waals surface area contributed by atoms with E-state index in [0.29, 0.717) is 10.2 Å². The number of halogens is 1. The average molecular weight is 470 g/mol. The molecule has 1 aromatic heterocycles. The molecule has 7 nitrogen and oxygen atoms in total. The first kappa shape index (κ1) is 20.2. The van der Waals surface area contributed by atoms with Crippen LogP contribution in [0.1, 0.15) is 35.2 Å². The van der Waals surface area contributed by atoms with E-state index < -0.39 is 18.1 Å². The fourth-order valence-electron chi connectivity index (χ4n) is 3.99. The van der Waals surface area contributed by atoms with Gasteiger partial charge in [0, 0.05) is 13.0 Å². The van der Waals surface area contributed by atoms with E-state index in [1.165, 1.54) is 4.68 Å². The highest BCUT2D eigenvalue weighted by Crippen LogP contribution is 2.44. The summed E-state index contributed by atoms with van der Waals surface area (Å²) in [4.78, 5) is 23.9. The number of aromatic nitrogens is 2. The number of hydrogen-bond donors (Lipinski definition) is 2. The minimum atomic E-state index is -1.04. The lowest BCUT2D eigenvalue weighted by molar-refractivity contribution is -0.137. The molecule has 0 aliphatic heterocycles. The number of carbonyl (C=O) groups excluding carboxylic acids is 1. The van der Waals surface area contributed by atoms with Crippen LogP contribution in [0.5, 0.6) is 0 Å². The SMILES string of the molecule is Cn1ncc(Br)c1C(CC(=O)O)NC(=O)OCC1c2ccccc2-c2ccccc21. The van der Waals surface area contributed by atoms with E-state index in [0.717, 1.165) is 22.3 Å². The summed E-state index contributed by atoms with van der Waals surface area (Å²) >= 11 is 3.36. The van der Waals surface area contributed by atoms with E-state index >= 15 is 0 Å². The maximum Gasteiger partial charge on any atom is 0.407 e. The Bertz CT molecular complexity index is 1050. The molecule has 1 atom stereocenters. The Kier molecular flexibility index (Phi) is 5.59. The summed E-state index contributed by atoms with van der Waals surface area (Å²) in [7, 11) is 1.69. The molecule has 1 heterocycles. The van der Waals surface area contributed by atoms with Gasteiger partial charge in [-0.2, -0.15) is 5.10 Å². The van der Waals surface area contributed by atoms with Crippen molar-refractivity contribution < 1.29 is 19.4 Å². The Morgan fingerprint density at radius 3 is 2.30 bits per heavy atom. The van der Waals surface area contributed by atoms with Crippen LogP contribution in [0.3, 0.4) is 0 Å². The van der Waals surface area contributed by atoms with Crippen LogP contribution in [0.4, 0.5) is 4.79 Å². The number of aliphatic carboxylic acids is 1. The maximum atomic E-state index is 12.6. The third-order valence-electron chi connectivity index (χ3n) is 5.28. The second-order valence-electron chi connectivity index (χ2n) is 7.12. The smallest absolute Gasteiger partial charge is 0.407 e. The molecule has 1 unspecified atom stereocenters. The fourth-order valence-corrected chi connectivity index (χ4v) is 4.61. The Balaban J connectivity index is 1.50. The summed E-state index contributed by atoms with van der Waals surface area (Å²) in [6.45, 7) is 0.159. The molecule has 0 bridgehead atoms. The lowest BCUT2D eigenvalue weighted by Crippen LogP contribution is -2.33. The van der Waals surface area contributed by atoms with E-state index in [-0.39, 0.29) is 18.9 Å². The second kappa shape index (κ2) is 8.31. The molecule has 1 amide bonds. The van der Waals surface area contributed by atoms with Crippen molar-refractivity contribution in [1.29, 1.82) is 0 Å². The van der Waals surface area contributed by atoms with Gasteiger partial charge in [-0.05, 0) is 38.2 Å². The zero-order valence-electron chi connectivity index (χ0n) is 16.2. The van der Waals surface area contributed by atoms with Gasteiger partial charge in [0.1, 0.15) is 6.61 Å². The zero-order valence-corrected chi connectivity index (χ0v) is 17.8. The monoisotopic (exact) mass is 469 g/mol. The molecule has 1 aliphatic carbocycles. The molecule has 4 rings (SSSR count). The Hall–Kier alpha value is -3.13. The fraction of sp³-hybridized carbons (Fsp3) is 0.227. The number of benzene rings is 2. The van der Waals surface area contributed by atoms with E-state index in [4.69, 9.17) is 4.74 Å². The van der Waals surface area contributed by atoms with Crippen molar-refractivity contribution in [1.82, 2.24) is 15.1 Å². The molecule has 0 spiro atoms. The van der Waals surface area contributed by atoms with Gasteiger partial charge in [-0.3, -0.25) is 9.48 Å². The van der Waals surface area contributed by atoms with Crippen molar-refractivity contribution in [2.45, 2.75) is 18.4 Å². The van der Waals surface area contributed by atoms with Crippen molar-refractivity contribution in [3.63, 3.8) is 0 Å². The summed E-state index contributed by atoms with van der Waals surface area (Å²) < 4.78 is 7.69. The number of aryl methyl sites for hydroxylation is 1. The summed E-state index contributed by atoms with van der Waals surface area (Å²) in [5.41, 5.74) is 5.08. The molecule has 2 aromatic carbocycles. The van der Waals surface area contributed by atoms with Gasteiger partial charge in [0.05, 0.1) is 28.8 Å². The zero-order chi connectivity index (χ0) is 21.3. The van der Waals surface area contributed by atoms with Gasteiger partial charge in [-0.1, -0.05) is 48.5 Å². The number of hydrogen-bond acceptors (Lipinski definition) is 4. The summed E-state index contributed by atoms with van der Waals surface area (Å²) in [5.74, 6) is -1.10. The predicted octanol–water partition coefficient (Wildman–Crippen LogP) is 4.24. The molecule has 3 aromatic rings. The molecule has 0 fully saturated rings. The van der Waals surface area contributed by atoms with Crippen LogP contribution in [0.25, 0.3) is 11.1 Å². The number of carbonyl (C=O) groups is 2. The molecule has 8 heteroatoms. The number of nitrogens with one attached hydrogen (secondary N) is 1. The van der Waals surface area contributed by atoms with Gasteiger partial charge in [0.2, 0.25) is 0 Å². The maximum absolute atomic E-state index is 12.6. The molecule has 0 saturated heterocycles. The second-order valence-corrected chi connectivity index (χ2v) is 7.98. The number of carboxylic acids is 1. The van der Waals surface area contributed by atoms with Crippen LogP contribution >= 0.6 is 15.9 Å². The Morgan fingerprint density at radius 2 is 1.77 bits per heavy atom. The minimum Gasteiger partial charge on any atom is -0.481 e. The number of rotatable bonds is 6. The van der Waals surface area contributed by atoms with Gasteiger partial charge < -0.3 is 15.2 Å². The molecule has 154 valence electrons. The Labute approximate surface area is 181 Å². The highest BCUT2D eigenvalue weighted by molar-refractivity contribution is 9.10. The average Bonchev–Trinajstić information content (AvgIpc) is 3.22. The predicted molar refractivity (Wildman–Crippen MR) is 114 cm³/mol. The van der Waals surface area contributed by atoms with Gasteiger partial charge in [0.25, 0.3) is 0 Å². The summed E-state index contributed by atoms with van der Waals surface area (Å²) in [6, 6.07) is 15.4. The first-order chi connectivity index (χ1) is 14.5. The van der Waals surface area contributed by atoms with Crippen molar-refractivity contribution in [2.75, 3.05) is 6.61 Å². The summed E-state index contributed by atoms with van der Waals surface area (Å²) in [5, 5.41) is 16.0. The molecular formula is C22H20BrN3O4. The van der Waals surface area contributed by atoms with Crippen LogP contribution in [0.15, 0.2) is 59.2 Å². The molecule has 0 radical (unpaired) electrons. The van der Waals surface area contributed by atoms with Crippen molar-refractivity contribution in [2.24, 2.45) is 7.05 Å². The van der Waals surface area contributed by atoms with E-state index in [2.05, 4.69) is 38.5 Å². The molecule has 30 heavy (non-hydrogen) atoms. The summed E-state index contributed by atoms with van der Waals surface area (Å²) in [6.07, 6.45) is 0.600. The Morgan fingerprint density at radius 1 is 1.17 bits per heavy atom. The van der Waals surface area contributed by atoms with Crippen molar-refractivity contribution in [3.8, 4) is 11.1 Å². The number of amides is 1.